The van der Waals surface area contributed by atoms with Crippen LogP contribution >= 0.6 is 11.3 Å². The minimum absolute atomic E-state index is 0.125. The molecule has 4 heterocycles. The van der Waals surface area contributed by atoms with Crippen LogP contribution in [0.3, 0.4) is 0 Å². The third kappa shape index (κ3) is 6.91. The number of carbonyl (C=O) groups excluding carboxylic acids is 1. The van der Waals surface area contributed by atoms with Crippen molar-refractivity contribution in [3.05, 3.63) is 40.6 Å². The van der Waals surface area contributed by atoms with Gasteiger partial charge in [-0.05, 0) is 63.1 Å². The van der Waals surface area contributed by atoms with Gasteiger partial charge in [-0.15, -0.1) is 11.3 Å². The number of nitrogens with zero attached hydrogens (tertiary/aromatic N) is 5. The lowest BCUT2D eigenvalue weighted by Crippen LogP contribution is -2.55. The summed E-state index contributed by atoms with van der Waals surface area (Å²) >= 11 is 1.42. The van der Waals surface area contributed by atoms with Crippen LogP contribution in [0.4, 0.5) is 9.93 Å². The maximum absolute atomic E-state index is 13.6. The first-order chi connectivity index (χ1) is 21.7. The first kappa shape index (κ1) is 32.0. The highest BCUT2D eigenvalue weighted by atomic mass is 32.2. The molecule has 1 aliphatic carbocycles. The first-order valence-electron chi connectivity index (χ1n) is 16.1. The van der Waals surface area contributed by atoms with Crippen molar-refractivity contribution in [2.24, 2.45) is 0 Å². The van der Waals surface area contributed by atoms with Crippen molar-refractivity contribution in [3.63, 3.8) is 0 Å². The largest absolute Gasteiger partial charge is 0.496 e. The number of nitrogens with one attached hydrogen (secondary N) is 1. The van der Waals surface area contributed by atoms with E-state index < -0.39 is 10.0 Å². The Morgan fingerprint density at radius 2 is 1.80 bits per heavy atom. The molecule has 2 aromatic heterocycles. The second-order valence-corrected chi connectivity index (χ2v) is 15.2. The summed E-state index contributed by atoms with van der Waals surface area (Å²) in [7, 11) is -2.03. The highest BCUT2D eigenvalue weighted by Gasteiger charge is 2.38. The fraction of sp³-hybridized carbons (Fsp3) is 0.594. The van der Waals surface area contributed by atoms with Crippen molar-refractivity contribution in [1.82, 2.24) is 24.2 Å². The molecule has 45 heavy (non-hydrogen) atoms. The molecular formula is C32H44N6O5S2. The molecule has 0 spiro atoms. The van der Waals surface area contributed by atoms with Crippen LogP contribution in [0.5, 0.6) is 5.75 Å². The maximum atomic E-state index is 13.6. The molecule has 11 nitrogen and oxygen atoms in total. The molecule has 6 rings (SSSR count). The van der Waals surface area contributed by atoms with E-state index in [9.17, 15) is 13.2 Å². The van der Waals surface area contributed by atoms with E-state index in [1.807, 2.05) is 11.4 Å². The van der Waals surface area contributed by atoms with Crippen molar-refractivity contribution in [3.8, 4) is 17.0 Å². The van der Waals surface area contributed by atoms with Crippen LogP contribution in [0.2, 0.25) is 0 Å². The molecule has 3 aliphatic rings. The van der Waals surface area contributed by atoms with Gasteiger partial charge >= 0.3 is 6.03 Å². The number of piperidine rings is 1. The van der Waals surface area contributed by atoms with Gasteiger partial charge in [0.05, 0.1) is 12.8 Å². The molecular weight excluding hydrogens is 613 g/mol. The highest BCUT2D eigenvalue weighted by molar-refractivity contribution is 7.89. The molecule has 1 aromatic carbocycles. The predicted octanol–water partition coefficient (Wildman–Crippen LogP) is 5.86. The topological polar surface area (TPSA) is 121 Å². The molecule has 0 radical (unpaired) electrons. The minimum Gasteiger partial charge on any atom is -0.496 e. The Morgan fingerprint density at radius 1 is 1.04 bits per heavy atom. The summed E-state index contributed by atoms with van der Waals surface area (Å²) in [6.07, 6.45) is 8.95. The van der Waals surface area contributed by atoms with Crippen molar-refractivity contribution < 1.29 is 22.5 Å². The Balaban J connectivity index is 1.05. The molecule has 3 aromatic rings. The van der Waals surface area contributed by atoms with E-state index >= 15 is 0 Å². The molecule has 2 saturated heterocycles. The standard InChI is InChI=1S/C32H44N6O5S2/c1-22-30(23(2)43-35-22)45(40,41)38-14-8-7-11-26(38)20-36-15-17-37(18-16-36)32(39)34-31-33-28(21-44-31)27-19-25(12-13-29(27)42-3)24-9-5-4-6-10-24/h12-13,19,21,24,26H,4-11,14-18,20H2,1-3H3,(H,33,34,39). The number of anilines is 1. The summed E-state index contributed by atoms with van der Waals surface area (Å²) in [5.41, 5.74) is 3.49. The lowest BCUT2D eigenvalue weighted by atomic mass is 9.83. The number of amides is 2. The number of thiazole rings is 1. The van der Waals surface area contributed by atoms with Gasteiger partial charge in [0.25, 0.3) is 0 Å². The van der Waals surface area contributed by atoms with Crippen LogP contribution in [0.1, 0.15) is 74.3 Å². The molecule has 0 bridgehead atoms. The molecule has 1 atom stereocenters. The Kier molecular flexibility index (Phi) is 9.79. The van der Waals surface area contributed by atoms with Gasteiger partial charge in [-0.25, -0.2) is 18.2 Å². The molecule has 13 heteroatoms. The zero-order valence-electron chi connectivity index (χ0n) is 26.5. The number of benzene rings is 1. The van der Waals surface area contributed by atoms with Crippen LogP contribution in [-0.2, 0) is 10.0 Å². The third-order valence-corrected chi connectivity index (χ3v) is 12.5. The Hall–Kier alpha value is -3.00. The molecule has 2 aliphatic heterocycles. The fourth-order valence-corrected chi connectivity index (χ4v) is 9.79. The summed E-state index contributed by atoms with van der Waals surface area (Å²) < 4.78 is 39.7. The Labute approximate surface area is 270 Å². The van der Waals surface area contributed by atoms with Gasteiger partial charge in [-0.2, -0.15) is 4.31 Å². The number of urea groups is 1. The van der Waals surface area contributed by atoms with Crippen molar-refractivity contribution in [2.45, 2.75) is 82.1 Å². The number of methoxy groups -OCH3 is 1. The van der Waals surface area contributed by atoms with E-state index in [2.05, 4.69) is 27.5 Å². The number of sulfonamides is 1. The second-order valence-electron chi connectivity index (χ2n) is 12.5. The number of carbonyl (C=O) groups is 1. The van der Waals surface area contributed by atoms with E-state index in [-0.39, 0.29) is 17.0 Å². The van der Waals surface area contributed by atoms with Gasteiger partial charge in [0.2, 0.25) is 10.0 Å². The van der Waals surface area contributed by atoms with Gasteiger partial charge in [-0.1, -0.05) is 36.9 Å². The smallest absolute Gasteiger partial charge is 0.323 e. The predicted molar refractivity (Wildman–Crippen MR) is 174 cm³/mol. The number of aromatic nitrogens is 2. The minimum atomic E-state index is -3.71. The summed E-state index contributed by atoms with van der Waals surface area (Å²) in [5.74, 6) is 1.69. The molecule has 244 valence electrons. The number of piperazine rings is 1. The van der Waals surface area contributed by atoms with Crippen molar-refractivity contribution in [2.75, 3.05) is 51.7 Å². The summed E-state index contributed by atoms with van der Waals surface area (Å²) in [6.45, 7) is 6.92. The number of aryl methyl sites for hydroxylation is 2. The number of rotatable bonds is 8. The summed E-state index contributed by atoms with van der Waals surface area (Å²) in [5, 5.41) is 9.41. The first-order valence-corrected chi connectivity index (χ1v) is 18.4. The van der Waals surface area contributed by atoms with E-state index in [0.717, 1.165) is 36.3 Å². The molecule has 2 amide bonds. The monoisotopic (exact) mass is 656 g/mol. The van der Waals surface area contributed by atoms with Crippen molar-refractivity contribution in [1.29, 1.82) is 0 Å². The normalized spacial score (nSPS) is 20.8. The summed E-state index contributed by atoms with van der Waals surface area (Å²) in [4.78, 5) is 22.2. The summed E-state index contributed by atoms with van der Waals surface area (Å²) in [6, 6.07) is 6.13. The highest BCUT2D eigenvalue weighted by Crippen LogP contribution is 2.39. The second kappa shape index (κ2) is 13.8. The zero-order chi connectivity index (χ0) is 31.6. The lowest BCUT2D eigenvalue weighted by Gasteiger charge is -2.40. The Bertz CT molecular complexity index is 1570. The van der Waals surface area contributed by atoms with Gasteiger partial charge in [0.1, 0.15) is 16.3 Å². The average molecular weight is 657 g/mol. The molecule has 1 unspecified atom stereocenters. The van der Waals surface area contributed by atoms with E-state index in [1.54, 1.807) is 30.2 Å². The van der Waals surface area contributed by atoms with Gasteiger partial charge in [-0.3, -0.25) is 10.2 Å². The van der Waals surface area contributed by atoms with E-state index in [0.29, 0.717) is 61.8 Å². The number of hydrogen-bond acceptors (Lipinski definition) is 9. The maximum Gasteiger partial charge on any atom is 0.323 e. The Morgan fingerprint density at radius 3 is 2.51 bits per heavy atom. The zero-order valence-corrected chi connectivity index (χ0v) is 28.1. The van der Waals surface area contributed by atoms with Crippen LogP contribution in [-0.4, -0.2) is 91.1 Å². The van der Waals surface area contributed by atoms with Crippen LogP contribution in [0.25, 0.3) is 11.3 Å². The molecule has 1 saturated carbocycles. The van der Waals surface area contributed by atoms with Crippen LogP contribution in [0.15, 0.2) is 33.0 Å². The molecule has 3 fully saturated rings. The van der Waals surface area contributed by atoms with Crippen LogP contribution < -0.4 is 10.1 Å². The van der Waals surface area contributed by atoms with E-state index in [4.69, 9.17) is 14.2 Å². The average Bonchev–Trinajstić information content (AvgIpc) is 3.67. The van der Waals surface area contributed by atoms with Gasteiger partial charge in [0.15, 0.2) is 10.9 Å². The van der Waals surface area contributed by atoms with Crippen molar-refractivity contribution >= 4 is 32.5 Å². The van der Waals surface area contributed by atoms with Crippen LogP contribution in [0, 0.1) is 13.8 Å². The SMILES string of the molecule is COc1ccc(C2CCCCC2)cc1-c1csc(NC(=O)N2CCN(CC3CCCCN3S(=O)(=O)c3c(C)noc3C)CC2)n1. The number of hydrogen-bond donors (Lipinski definition) is 1. The third-order valence-electron chi connectivity index (χ3n) is 9.53. The van der Waals surface area contributed by atoms with Gasteiger partial charge < -0.3 is 14.2 Å². The lowest BCUT2D eigenvalue weighted by molar-refractivity contribution is 0.116. The van der Waals surface area contributed by atoms with E-state index in [1.165, 1.54) is 49.0 Å². The molecule has 1 N–H and O–H groups in total. The fourth-order valence-electron chi connectivity index (χ4n) is 7.11. The quantitative estimate of drug-likeness (QED) is 0.320. The number of ether oxygens (including phenoxy) is 1. The van der Waals surface area contributed by atoms with Gasteiger partial charge in [0, 0.05) is 56.3 Å².